The van der Waals surface area contributed by atoms with E-state index in [2.05, 4.69) is 19.9 Å². The number of hydrogen-bond donors (Lipinski definition) is 2. The van der Waals surface area contributed by atoms with Crippen LogP contribution in [-0.2, 0) is 0 Å². The number of unbranched alkanes of at least 4 members (excludes halogenated alkanes) is 14. The lowest BCUT2D eigenvalue weighted by Gasteiger charge is -2.32. The number of aliphatic hydroxyl groups excluding tert-OH is 2. The summed E-state index contributed by atoms with van der Waals surface area (Å²) in [6, 6.07) is 0. The monoisotopic (exact) mass is 380 g/mol. The molecule has 1 aliphatic carbocycles. The van der Waals surface area contributed by atoms with Crippen molar-refractivity contribution in [2.24, 2.45) is 5.41 Å². The first-order valence-corrected chi connectivity index (χ1v) is 12.0. The number of allylic oxidation sites excluding steroid dienone is 1. The molecule has 1 rings (SSSR count). The Balaban J connectivity index is 1.81. The van der Waals surface area contributed by atoms with Crippen LogP contribution in [0.2, 0.25) is 0 Å². The molecule has 0 amide bonds. The van der Waals surface area contributed by atoms with E-state index in [9.17, 15) is 5.11 Å². The van der Waals surface area contributed by atoms with Gasteiger partial charge in [0.1, 0.15) is 0 Å². The average Bonchev–Trinajstić information content (AvgIpc) is 2.59. The standard InChI is InChI=1S/C25H48O2/c1-25(2)21-23(20-24(27)22-25)18-16-14-12-10-8-6-4-3-5-7-9-11-13-15-17-19-26/h20,24,26-27H,3-19,21-22H2,1-2H3. The molecule has 160 valence electrons. The van der Waals surface area contributed by atoms with Gasteiger partial charge in [-0.05, 0) is 37.5 Å². The second-order valence-corrected chi connectivity index (χ2v) is 9.71. The highest BCUT2D eigenvalue weighted by molar-refractivity contribution is 5.12. The van der Waals surface area contributed by atoms with Crippen LogP contribution in [0.5, 0.6) is 0 Å². The fourth-order valence-electron chi connectivity index (χ4n) is 4.58. The maximum absolute atomic E-state index is 9.97. The molecule has 0 aromatic rings. The molecule has 2 N–H and O–H groups in total. The largest absolute Gasteiger partial charge is 0.396 e. The lowest BCUT2D eigenvalue weighted by molar-refractivity contribution is 0.137. The average molecular weight is 381 g/mol. The van der Waals surface area contributed by atoms with E-state index in [1.54, 1.807) is 0 Å². The van der Waals surface area contributed by atoms with Crippen molar-refractivity contribution in [3.63, 3.8) is 0 Å². The zero-order chi connectivity index (χ0) is 19.8. The van der Waals surface area contributed by atoms with Gasteiger partial charge in [-0.2, -0.15) is 0 Å². The predicted octanol–water partition coefficient (Wildman–Crippen LogP) is 7.33. The van der Waals surface area contributed by atoms with Crippen LogP contribution in [0.4, 0.5) is 0 Å². The van der Waals surface area contributed by atoms with Crippen molar-refractivity contribution in [3.05, 3.63) is 11.6 Å². The van der Waals surface area contributed by atoms with Crippen LogP contribution in [-0.4, -0.2) is 22.9 Å². The summed E-state index contributed by atoms with van der Waals surface area (Å²) in [6.45, 7) is 4.92. The molecule has 0 saturated carbocycles. The molecule has 1 atom stereocenters. The van der Waals surface area contributed by atoms with Crippen molar-refractivity contribution >= 4 is 0 Å². The second kappa shape index (κ2) is 15.6. The van der Waals surface area contributed by atoms with Crippen molar-refractivity contribution in [2.75, 3.05) is 6.61 Å². The Kier molecular flexibility index (Phi) is 14.2. The third-order valence-corrected chi connectivity index (χ3v) is 6.05. The normalized spacial score (nSPS) is 19.3. The molecule has 0 bridgehead atoms. The van der Waals surface area contributed by atoms with Gasteiger partial charge in [-0.1, -0.05) is 109 Å². The van der Waals surface area contributed by atoms with E-state index in [0.29, 0.717) is 6.61 Å². The highest BCUT2D eigenvalue weighted by Crippen LogP contribution is 2.37. The summed E-state index contributed by atoms with van der Waals surface area (Å²) in [5.41, 5.74) is 1.77. The molecule has 0 aromatic carbocycles. The fourth-order valence-corrected chi connectivity index (χ4v) is 4.58. The van der Waals surface area contributed by atoms with Gasteiger partial charge in [-0.15, -0.1) is 0 Å². The van der Waals surface area contributed by atoms with Crippen LogP contribution in [0.25, 0.3) is 0 Å². The molecule has 0 aromatic heterocycles. The second-order valence-electron chi connectivity index (χ2n) is 9.71. The molecule has 0 heterocycles. The van der Waals surface area contributed by atoms with Gasteiger partial charge in [-0.25, -0.2) is 0 Å². The molecular weight excluding hydrogens is 332 g/mol. The van der Waals surface area contributed by atoms with E-state index in [4.69, 9.17) is 5.11 Å². The van der Waals surface area contributed by atoms with Crippen LogP contribution in [0.1, 0.15) is 129 Å². The minimum atomic E-state index is -0.213. The Hall–Kier alpha value is -0.340. The molecule has 2 heteroatoms. The van der Waals surface area contributed by atoms with Gasteiger partial charge in [-0.3, -0.25) is 0 Å². The molecule has 1 unspecified atom stereocenters. The van der Waals surface area contributed by atoms with E-state index in [1.165, 1.54) is 108 Å². The van der Waals surface area contributed by atoms with Crippen LogP contribution in [0, 0.1) is 5.41 Å². The van der Waals surface area contributed by atoms with Gasteiger partial charge >= 0.3 is 0 Å². The molecule has 0 aliphatic heterocycles. The van der Waals surface area contributed by atoms with Gasteiger partial charge in [0.25, 0.3) is 0 Å². The summed E-state index contributed by atoms with van der Waals surface area (Å²) in [5.74, 6) is 0. The molecule has 27 heavy (non-hydrogen) atoms. The van der Waals surface area contributed by atoms with E-state index in [0.717, 1.165) is 12.8 Å². The van der Waals surface area contributed by atoms with Crippen LogP contribution >= 0.6 is 0 Å². The van der Waals surface area contributed by atoms with E-state index in [1.807, 2.05) is 0 Å². The molecule has 0 radical (unpaired) electrons. The zero-order valence-electron chi connectivity index (χ0n) is 18.5. The van der Waals surface area contributed by atoms with Crippen LogP contribution < -0.4 is 0 Å². The Labute approximate surface area is 169 Å². The minimum Gasteiger partial charge on any atom is -0.396 e. The van der Waals surface area contributed by atoms with E-state index >= 15 is 0 Å². The fraction of sp³-hybridized carbons (Fsp3) is 0.920. The van der Waals surface area contributed by atoms with Gasteiger partial charge in [0.15, 0.2) is 0 Å². The van der Waals surface area contributed by atoms with Gasteiger partial charge in [0.2, 0.25) is 0 Å². The quantitative estimate of drug-likeness (QED) is 0.205. The third kappa shape index (κ3) is 14.3. The third-order valence-electron chi connectivity index (χ3n) is 6.05. The Morgan fingerprint density at radius 2 is 1.15 bits per heavy atom. The smallest absolute Gasteiger partial charge is 0.0728 e. The van der Waals surface area contributed by atoms with Crippen molar-refractivity contribution < 1.29 is 10.2 Å². The topological polar surface area (TPSA) is 40.5 Å². The molecular formula is C25H48O2. The molecule has 0 spiro atoms. The summed E-state index contributed by atoms with van der Waals surface area (Å²) in [6.07, 6.45) is 25.3. The van der Waals surface area contributed by atoms with Crippen molar-refractivity contribution in [3.8, 4) is 0 Å². The Bertz CT molecular complexity index is 373. The lowest BCUT2D eigenvalue weighted by Crippen LogP contribution is -2.24. The molecule has 0 saturated heterocycles. The van der Waals surface area contributed by atoms with Crippen LogP contribution in [0.3, 0.4) is 0 Å². The van der Waals surface area contributed by atoms with Gasteiger partial charge in [0.05, 0.1) is 6.10 Å². The first kappa shape index (κ1) is 24.7. The van der Waals surface area contributed by atoms with Crippen LogP contribution in [0.15, 0.2) is 11.6 Å². The van der Waals surface area contributed by atoms with Crippen molar-refractivity contribution in [1.82, 2.24) is 0 Å². The first-order valence-electron chi connectivity index (χ1n) is 12.0. The van der Waals surface area contributed by atoms with E-state index in [-0.39, 0.29) is 11.5 Å². The van der Waals surface area contributed by atoms with Gasteiger partial charge < -0.3 is 10.2 Å². The molecule has 2 nitrogen and oxygen atoms in total. The summed E-state index contributed by atoms with van der Waals surface area (Å²) in [5, 5.41) is 18.7. The lowest BCUT2D eigenvalue weighted by atomic mass is 9.75. The molecule has 0 fully saturated rings. The number of hydrogen-bond acceptors (Lipinski definition) is 2. The maximum atomic E-state index is 9.97. The summed E-state index contributed by atoms with van der Waals surface area (Å²) < 4.78 is 0. The summed E-state index contributed by atoms with van der Waals surface area (Å²) >= 11 is 0. The minimum absolute atomic E-state index is 0.213. The Morgan fingerprint density at radius 1 is 0.741 bits per heavy atom. The predicted molar refractivity (Wildman–Crippen MR) is 118 cm³/mol. The molecule has 1 aliphatic rings. The van der Waals surface area contributed by atoms with Crippen molar-refractivity contribution in [1.29, 1.82) is 0 Å². The summed E-state index contributed by atoms with van der Waals surface area (Å²) in [4.78, 5) is 0. The summed E-state index contributed by atoms with van der Waals surface area (Å²) in [7, 11) is 0. The zero-order valence-corrected chi connectivity index (χ0v) is 18.5. The van der Waals surface area contributed by atoms with Crippen molar-refractivity contribution in [2.45, 2.75) is 136 Å². The first-order chi connectivity index (χ1) is 13.0. The highest BCUT2D eigenvalue weighted by atomic mass is 16.3. The van der Waals surface area contributed by atoms with E-state index < -0.39 is 0 Å². The highest BCUT2D eigenvalue weighted by Gasteiger charge is 2.27. The Morgan fingerprint density at radius 3 is 1.56 bits per heavy atom. The number of aliphatic hydroxyl groups is 2. The number of rotatable bonds is 17. The maximum Gasteiger partial charge on any atom is 0.0728 e. The van der Waals surface area contributed by atoms with Gasteiger partial charge in [0, 0.05) is 6.61 Å². The SMILES string of the molecule is CC1(C)CC(CCCCCCCCCCCCCCCCCO)=CC(O)C1.